The third kappa shape index (κ3) is 1.61. The molecule has 0 radical (unpaired) electrons. The van der Waals surface area contributed by atoms with Gasteiger partial charge in [0.25, 0.3) is 0 Å². The number of hydrogen-bond donors (Lipinski definition) is 2. The third-order valence-electron chi connectivity index (χ3n) is 10.0. The van der Waals surface area contributed by atoms with E-state index in [1.54, 1.807) is 0 Å². The molecule has 5 heterocycles. The van der Waals surface area contributed by atoms with E-state index in [9.17, 15) is 10.2 Å². The molecule has 6 aliphatic rings. The summed E-state index contributed by atoms with van der Waals surface area (Å²) in [4.78, 5) is 2.49. The molecular formula is C24H35N2O2+. The fourth-order valence-electron chi connectivity index (χ4n) is 9.27. The summed E-state index contributed by atoms with van der Waals surface area (Å²) in [6.45, 7) is 5.59. The number of piperidine rings is 4. The van der Waals surface area contributed by atoms with E-state index in [-0.39, 0.29) is 17.7 Å². The number of nitrogens with zero attached hydrogens (tertiary/aromatic N) is 2. The van der Waals surface area contributed by atoms with Gasteiger partial charge in [0.05, 0.1) is 30.1 Å². The Morgan fingerprint density at radius 3 is 2.71 bits per heavy atom. The van der Waals surface area contributed by atoms with Crippen LogP contribution in [0, 0.1) is 17.8 Å². The lowest BCUT2D eigenvalue weighted by Gasteiger charge is -2.68. The molecule has 5 aliphatic heterocycles. The average molecular weight is 384 g/mol. The second-order valence-electron chi connectivity index (χ2n) is 10.4. The minimum atomic E-state index is -0.272. The molecule has 5 fully saturated rings. The normalized spacial score (nSPS) is 52.2. The van der Waals surface area contributed by atoms with Gasteiger partial charge in [0.2, 0.25) is 0 Å². The second kappa shape index (κ2) is 5.53. The van der Waals surface area contributed by atoms with Gasteiger partial charge < -0.3 is 15.1 Å². The summed E-state index contributed by atoms with van der Waals surface area (Å²) in [5.74, 6) is 1.18. The van der Waals surface area contributed by atoms with E-state index < -0.39 is 0 Å². The van der Waals surface area contributed by atoms with Crippen molar-refractivity contribution in [2.45, 2.75) is 81.8 Å². The summed E-state index contributed by atoms with van der Waals surface area (Å²) in [7, 11) is 2.24. The molecule has 7 rings (SSSR count). The summed E-state index contributed by atoms with van der Waals surface area (Å²) < 4.78 is 0.884. The molecule has 4 heteroatoms. The Labute approximate surface area is 168 Å². The largest absolute Gasteiger partial charge is 0.392 e. The SMILES string of the molecule is CCCC[N+]12[C@@H]3C[C@@H]([C@H](CC)[C@@H]1O)[C@H]1[C@@H](O)[C@]4(C[C@@H]12)c1ccccc1N(C)[C@H]34. The zero-order chi connectivity index (χ0) is 19.4. The molecule has 152 valence electrons. The number of aliphatic hydroxyl groups is 2. The van der Waals surface area contributed by atoms with Crippen molar-refractivity contribution in [3.8, 4) is 0 Å². The number of fused-ring (bicyclic) bond motifs is 2. The molecule has 1 unspecified atom stereocenters. The number of aliphatic hydroxyl groups excluding tert-OH is 2. The molecule has 1 aliphatic carbocycles. The molecule has 1 saturated carbocycles. The van der Waals surface area contributed by atoms with Gasteiger partial charge in [-0.1, -0.05) is 38.5 Å². The van der Waals surface area contributed by atoms with Crippen LogP contribution < -0.4 is 4.90 Å². The van der Waals surface area contributed by atoms with Gasteiger partial charge >= 0.3 is 0 Å². The van der Waals surface area contributed by atoms with Crippen molar-refractivity contribution in [3.05, 3.63) is 29.8 Å². The maximum Gasteiger partial charge on any atom is 0.194 e. The summed E-state index contributed by atoms with van der Waals surface area (Å²) in [5.41, 5.74) is 2.56. The lowest BCUT2D eigenvalue weighted by Crippen LogP contribution is -2.83. The fraction of sp³-hybridized carbons (Fsp3) is 0.750. The number of hydrogen-bond acceptors (Lipinski definition) is 3. The molecule has 0 amide bonds. The van der Waals surface area contributed by atoms with Crippen LogP contribution in [0.25, 0.3) is 0 Å². The smallest absolute Gasteiger partial charge is 0.194 e. The van der Waals surface area contributed by atoms with Crippen LogP contribution in [-0.4, -0.2) is 58.7 Å². The van der Waals surface area contributed by atoms with Gasteiger partial charge in [0.1, 0.15) is 6.04 Å². The fourth-order valence-corrected chi connectivity index (χ4v) is 9.27. The van der Waals surface area contributed by atoms with Gasteiger partial charge in [0, 0.05) is 37.4 Å². The number of anilines is 1. The third-order valence-corrected chi connectivity index (χ3v) is 10.0. The molecule has 4 nitrogen and oxygen atoms in total. The highest BCUT2D eigenvalue weighted by atomic mass is 16.3. The first kappa shape index (κ1) is 17.7. The van der Waals surface area contributed by atoms with Crippen molar-refractivity contribution in [3.63, 3.8) is 0 Å². The van der Waals surface area contributed by atoms with E-state index in [2.05, 4.69) is 50.1 Å². The van der Waals surface area contributed by atoms with E-state index in [1.165, 1.54) is 30.5 Å². The Kier molecular flexibility index (Phi) is 3.50. The van der Waals surface area contributed by atoms with Crippen molar-refractivity contribution in [2.75, 3.05) is 18.5 Å². The quantitative estimate of drug-likeness (QED) is 0.786. The van der Waals surface area contributed by atoms with Crippen molar-refractivity contribution < 1.29 is 14.7 Å². The molecule has 4 saturated heterocycles. The number of quaternary nitrogens is 1. The predicted molar refractivity (Wildman–Crippen MR) is 110 cm³/mol. The van der Waals surface area contributed by atoms with Crippen LogP contribution in [0.15, 0.2) is 24.3 Å². The number of rotatable bonds is 4. The van der Waals surface area contributed by atoms with Crippen LogP contribution >= 0.6 is 0 Å². The summed E-state index contributed by atoms with van der Waals surface area (Å²) in [6.07, 6.45) is 5.09. The monoisotopic (exact) mass is 383 g/mol. The number of para-hydroxylation sites is 1. The van der Waals surface area contributed by atoms with Gasteiger partial charge in [-0.3, -0.25) is 4.48 Å². The Hall–Kier alpha value is -1.10. The van der Waals surface area contributed by atoms with Gasteiger partial charge in [-0.2, -0.15) is 0 Å². The lowest BCUT2D eigenvalue weighted by molar-refractivity contribution is -1.04. The van der Waals surface area contributed by atoms with Gasteiger partial charge in [-0.05, 0) is 30.4 Å². The maximum absolute atomic E-state index is 12.0. The molecule has 1 aromatic carbocycles. The predicted octanol–water partition coefficient (Wildman–Crippen LogP) is 2.87. The Balaban J connectivity index is 1.59. The van der Waals surface area contributed by atoms with E-state index in [0.29, 0.717) is 35.9 Å². The second-order valence-corrected chi connectivity index (χ2v) is 10.4. The molecule has 28 heavy (non-hydrogen) atoms. The Morgan fingerprint density at radius 2 is 1.96 bits per heavy atom. The first-order valence-electron chi connectivity index (χ1n) is 11.6. The topological polar surface area (TPSA) is 43.7 Å². The van der Waals surface area contributed by atoms with Gasteiger partial charge in [-0.15, -0.1) is 0 Å². The van der Waals surface area contributed by atoms with Crippen molar-refractivity contribution in [1.29, 1.82) is 0 Å². The standard InChI is InChI=1S/C24H35N2O2/c1-4-6-11-26-18-12-15(14(5-2)23(26)28)20-19(26)13-24(22(20)27)16-9-7-8-10-17(16)25(3)21(18)24/h7-10,14-15,18-23,27-28H,4-6,11-13H2,1-3H3/q+1/t14-,15-,18+,19-,20+,21+,22+,23-,24+,26?/m0/s1. The summed E-state index contributed by atoms with van der Waals surface area (Å²) >= 11 is 0. The van der Waals surface area contributed by atoms with Crippen molar-refractivity contribution >= 4 is 5.69 Å². The van der Waals surface area contributed by atoms with E-state index in [0.717, 1.165) is 23.9 Å². The average Bonchev–Trinajstić information content (AvgIpc) is 3.09. The number of unbranched alkanes of at least 4 members (excludes halogenated alkanes) is 1. The van der Waals surface area contributed by atoms with E-state index in [1.807, 2.05) is 0 Å². The van der Waals surface area contributed by atoms with E-state index >= 15 is 0 Å². The number of likely N-dealkylation sites (N-methyl/N-ethyl adjacent to an activating group) is 1. The first-order chi connectivity index (χ1) is 13.5. The molecule has 10 atom stereocenters. The zero-order valence-corrected chi connectivity index (χ0v) is 17.5. The zero-order valence-electron chi connectivity index (χ0n) is 17.5. The van der Waals surface area contributed by atoms with Gasteiger partial charge in [0.15, 0.2) is 6.23 Å². The van der Waals surface area contributed by atoms with E-state index in [4.69, 9.17) is 0 Å². The molecular weight excluding hydrogens is 348 g/mol. The molecule has 5 bridgehead atoms. The van der Waals surface area contributed by atoms with Crippen LogP contribution in [-0.2, 0) is 5.41 Å². The minimum absolute atomic E-state index is 0.129. The lowest BCUT2D eigenvalue weighted by atomic mass is 9.60. The Bertz CT molecular complexity index is 814. The minimum Gasteiger partial charge on any atom is -0.392 e. The highest BCUT2D eigenvalue weighted by Crippen LogP contribution is 2.71. The Morgan fingerprint density at radius 1 is 1.18 bits per heavy atom. The molecule has 1 spiro atoms. The van der Waals surface area contributed by atoms with Crippen LogP contribution in [0.4, 0.5) is 5.69 Å². The van der Waals surface area contributed by atoms with Crippen LogP contribution in [0.1, 0.15) is 51.5 Å². The van der Waals surface area contributed by atoms with Crippen molar-refractivity contribution in [2.24, 2.45) is 17.8 Å². The summed E-state index contributed by atoms with van der Waals surface area (Å²) in [6, 6.07) is 10.00. The van der Waals surface area contributed by atoms with Crippen LogP contribution in [0.2, 0.25) is 0 Å². The van der Waals surface area contributed by atoms with Crippen molar-refractivity contribution in [1.82, 2.24) is 0 Å². The maximum atomic E-state index is 12.0. The molecule has 2 N–H and O–H groups in total. The highest BCUT2D eigenvalue weighted by Gasteiger charge is 2.82. The van der Waals surface area contributed by atoms with Crippen LogP contribution in [0.5, 0.6) is 0 Å². The summed E-state index contributed by atoms with van der Waals surface area (Å²) in [5, 5.41) is 23.7. The van der Waals surface area contributed by atoms with Gasteiger partial charge in [-0.25, -0.2) is 0 Å². The van der Waals surface area contributed by atoms with Crippen LogP contribution in [0.3, 0.4) is 0 Å². The number of benzene rings is 1. The molecule has 0 aromatic heterocycles. The first-order valence-corrected chi connectivity index (χ1v) is 11.6. The molecule has 1 aromatic rings. The highest BCUT2D eigenvalue weighted by molar-refractivity contribution is 5.66.